The highest BCUT2D eigenvalue weighted by atomic mass is 16.5. The number of allylic oxidation sites excluding steroid dienone is 1. The van der Waals surface area contributed by atoms with Gasteiger partial charge in [0, 0.05) is 27.4 Å². The Morgan fingerprint density at radius 1 is 1.18 bits per heavy atom. The van der Waals surface area contributed by atoms with E-state index in [1.54, 1.807) is 5.56 Å². The number of ether oxygens (including phenoxy) is 1. The fourth-order valence-corrected chi connectivity index (χ4v) is 8.97. The maximum absolute atomic E-state index is 11.0. The molecular weight excluding hydrogens is 478 g/mol. The van der Waals surface area contributed by atoms with Crippen molar-refractivity contribution in [1.82, 2.24) is 4.98 Å². The number of aromatic nitrogens is 1. The summed E-state index contributed by atoms with van der Waals surface area (Å²) in [5.41, 5.74) is 6.89. The predicted molar refractivity (Wildman–Crippen MR) is 165 cm³/mol. The van der Waals surface area contributed by atoms with Crippen LogP contribution >= 0.6 is 0 Å². The van der Waals surface area contributed by atoms with Gasteiger partial charge in [0.05, 0.1) is 12.2 Å². The van der Waals surface area contributed by atoms with Crippen LogP contribution in [0.1, 0.15) is 97.4 Å². The van der Waals surface area contributed by atoms with E-state index < -0.39 is 6.10 Å². The Bertz CT molecular complexity index is 1250. The number of aliphatic hydroxyl groups is 1. The Labute approximate surface area is 237 Å². The van der Waals surface area contributed by atoms with Crippen LogP contribution < -0.4 is 0 Å². The van der Waals surface area contributed by atoms with Gasteiger partial charge in [-0.15, -0.1) is 19.4 Å². The zero-order valence-electron chi connectivity index (χ0n) is 25.4. The van der Waals surface area contributed by atoms with Crippen LogP contribution in [-0.4, -0.2) is 28.4 Å². The highest BCUT2D eigenvalue weighted by Gasteiger charge is 2.65. The molecule has 8 atom stereocenters. The van der Waals surface area contributed by atoms with E-state index in [0.717, 1.165) is 18.4 Å². The number of aliphatic hydroxyl groups excluding tert-OH is 1. The molecule has 4 aliphatic rings. The molecule has 7 unspecified atom stereocenters. The molecule has 0 bridgehead atoms. The van der Waals surface area contributed by atoms with Crippen LogP contribution in [0.4, 0.5) is 0 Å². The molecule has 2 N–H and O–H groups in total. The molecule has 1 aliphatic heterocycles. The lowest BCUT2D eigenvalue weighted by molar-refractivity contribution is -0.199. The van der Waals surface area contributed by atoms with E-state index >= 15 is 0 Å². The Morgan fingerprint density at radius 3 is 2.51 bits per heavy atom. The van der Waals surface area contributed by atoms with E-state index in [9.17, 15) is 5.11 Å². The van der Waals surface area contributed by atoms with Crippen molar-refractivity contribution in [3.8, 4) is 12.8 Å². The normalized spacial score (nSPS) is 36.6. The average Bonchev–Trinajstić information content (AvgIpc) is 3.44. The molecule has 3 heteroatoms. The van der Waals surface area contributed by atoms with Gasteiger partial charge in [0.2, 0.25) is 0 Å². The van der Waals surface area contributed by atoms with Gasteiger partial charge < -0.3 is 14.8 Å². The van der Waals surface area contributed by atoms with Gasteiger partial charge in [-0.2, -0.15) is 0 Å². The molecule has 2 aromatic rings. The smallest absolute Gasteiger partial charge is 0.104 e. The number of rotatable bonds is 3. The summed E-state index contributed by atoms with van der Waals surface area (Å²) in [6.45, 7) is 23.8. The van der Waals surface area contributed by atoms with Gasteiger partial charge in [0.25, 0.3) is 0 Å². The van der Waals surface area contributed by atoms with Gasteiger partial charge in [0.15, 0.2) is 0 Å². The van der Waals surface area contributed by atoms with E-state index in [2.05, 4.69) is 76.9 Å². The second-order valence-electron chi connectivity index (χ2n) is 13.3. The third kappa shape index (κ3) is 4.25. The Kier molecular flexibility index (Phi) is 8.08. The minimum Gasteiger partial charge on any atom is -0.390 e. The van der Waals surface area contributed by atoms with Gasteiger partial charge in [-0.25, -0.2) is 0 Å². The molecule has 3 fully saturated rings. The highest BCUT2D eigenvalue weighted by molar-refractivity contribution is 5.87. The van der Waals surface area contributed by atoms with E-state index in [4.69, 9.17) is 4.74 Å². The monoisotopic (exact) mass is 529 g/mol. The van der Waals surface area contributed by atoms with Crippen molar-refractivity contribution in [1.29, 1.82) is 0 Å². The van der Waals surface area contributed by atoms with Gasteiger partial charge in [-0.05, 0) is 91.4 Å². The average molecular weight is 530 g/mol. The minimum absolute atomic E-state index is 0.0417. The first-order chi connectivity index (χ1) is 18.5. The molecule has 6 rings (SSSR count). The summed E-state index contributed by atoms with van der Waals surface area (Å²) in [4.78, 5) is 3.99. The lowest BCUT2D eigenvalue weighted by Gasteiger charge is -2.63. The number of fused-ring (bicyclic) bond motifs is 9. The first-order valence-corrected chi connectivity index (χ1v) is 15.1. The van der Waals surface area contributed by atoms with E-state index in [0.29, 0.717) is 17.8 Å². The molecule has 2 saturated carbocycles. The number of nitrogens with one attached hydrogen (secondary N) is 1. The largest absolute Gasteiger partial charge is 0.390 e. The first-order valence-electron chi connectivity index (χ1n) is 15.1. The van der Waals surface area contributed by atoms with E-state index in [1.165, 1.54) is 47.8 Å². The van der Waals surface area contributed by atoms with Crippen LogP contribution in [-0.2, 0) is 22.0 Å². The van der Waals surface area contributed by atoms with Crippen molar-refractivity contribution in [2.24, 2.45) is 23.2 Å². The third-order valence-electron chi connectivity index (χ3n) is 11.4. The SMILES string of the molecule is C#C.C=CC(C)(C)c1ccc2c3c([nH]c2c1)[C@@]1(C)C(CCC2C4CC(O)C(C(=C)C)OC4CCC21C)C3.CC. The summed E-state index contributed by atoms with van der Waals surface area (Å²) < 4.78 is 6.51. The molecule has 2 heterocycles. The molecule has 1 aromatic heterocycles. The molecule has 3 aliphatic carbocycles. The van der Waals surface area contributed by atoms with Crippen molar-refractivity contribution in [2.75, 3.05) is 0 Å². The van der Waals surface area contributed by atoms with Gasteiger partial charge >= 0.3 is 0 Å². The molecule has 0 spiro atoms. The highest BCUT2D eigenvalue weighted by Crippen LogP contribution is 2.68. The Morgan fingerprint density at radius 2 is 1.87 bits per heavy atom. The quantitative estimate of drug-likeness (QED) is 0.310. The number of hydrogen-bond acceptors (Lipinski definition) is 2. The van der Waals surface area contributed by atoms with Crippen molar-refractivity contribution < 1.29 is 9.84 Å². The van der Waals surface area contributed by atoms with Crippen LogP contribution in [0.25, 0.3) is 10.9 Å². The fraction of sp³-hybridized carbons (Fsp3) is 0.611. The summed E-state index contributed by atoms with van der Waals surface area (Å²) in [5, 5.41) is 12.4. The van der Waals surface area contributed by atoms with Crippen molar-refractivity contribution in [3.63, 3.8) is 0 Å². The van der Waals surface area contributed by atoms with Crippen LogP contribution in [0.2, 0.25) is 0 Å². The van der Waals surface area contributed by atoms with E-state index in [1.807, 2.05) is 26.8 Å². The number of benzene rings is 1. The van der Waals surface area contributed by atoms with Crippen molar-refractivity contribution in [3.05, 3.63) is 59.8 Å². The summed E-state index contributed by atoms with van der Waals surface area (Å²) in [7, 11) is 0. The summed E-state index contributed by atoms with van der Waals surface area (Å²) in [6.07, 6.45) is 16.5. The molecule has 1 aromatic carbocycles. The summed E-state index contributed by atoms with van der Waals surface area (Å²) >= 11 is 0. The maximum Gasteiger partial charge on any atom is 0.104 e. The van der Waals surface area contributed by atoms with Gasteiger partial charge in [-0.1, -0.05) is 66.3 Å². The fourth-order valence-electron chi connectivity index (χ4n) is 8.97. The number of hydrogen-bond donors (Lipinski definition) is 2. The van der Waals surface area contributed by atoms with Gasteiger partial charge in [0.1, 0.15) is 6.10 Å². The molecule has 3 nitrogen and oxygen atoms in total. The van der Waals surface area contributed by atoms with E-state index in [-0.39, 0.29) is 28.5 Å². The van der Waals surface area contributed by atoms with Crippen LogP contribution in [0.3, 0.4) is 0 Å². The zero-order chi connectivity index (χ0) is 28.9. The standard InChI is InChI=1S/C32H43NO2.C2H6.C2H2/c1-8-30(4,5)19-9-11-21-22-15-20-10-12-24-23-17-26(34)28(18(2)3)35-27(23)13-14-31(24,6)32(20,7)29(22)33-25(21)16-19;2*1-2/h8-9,11,16,20,23-24,26-28,33-34H,1-2,10,12-15,17H2,3-7H3;1-2H3;1-2H/t20?,23?,24?,26?,27?,28?,31?,32-;;/m1../s1. The zero-order valence-corrected chi connectivity index (χ0v) is 25.4. The topological polar surface area (TPSA) is 45.2 Å². The molecule has 39 heavy (non-hydrogen) atoms. The van der Waals surface area contributed by atoms with Crippen molar-refractivity contribution >= 4 is 10.9 Å². The number of aromatic amines is 1. The second-order valence-corrected chi connectivity index (χ2v) is 13.3. The van der Waals surface area contributed by atoms with Crippen LogP contribution in [0, 0.1) is 36.0 Å². The maximum atomic E-state index is 11.0. The molecule has 1 saturated heterocycles. The molecule has 0 amide bonds. The number of H-pyrrole nitrogens is 1. The van der Waals surface area contributed by atoms with Crippen LogP contribution in [0.5, 0.6) is 0 Å². The number of terminal acetylenes is 1. The Hall–Kier alpha value is -2.28. The minimum atomic E-state index is -0.430. The molecule has 212 valence electrons. The Balaban J connectivity index is 0.000000845. The third-order valence-corrected chi connectivity index (χ3v) is 11.4. The lowest BCUT2D eigenvalue weighted by Crippen LogP contribution is -2.61. The van der Waals surface area contributed by atoms with Gasteiger partial charge in [-0.3, -0.25) is 0 Å². The summed E-state index contributed by atoms with van der Waals surface area (Å²) in [5.74, 6) is 1.70. The lowest BCUT2D eigenvalue weighted by atomic mass is 9.43. The summed E-state index contributed by atoms with van der Waals surface area (Å²) in [6, 6.07) is 7.01. The van der Waals surface area contributed by atoms with Crippen molar-refractivity contribution in [2.45, 2.75) is 116 Å². The predicted octanol–water partition coefficient (Wildman–Crippen LogP) is 8.26. The first kappa shape index (κ1) is 29.7. The molecular formula is C36H51NO2. The second kappa shape index (κ2) is 10.6. The van der Waals surface area contributed by atoms with Crippen LogP contribution in [0.15, 0.2) is 43.0 Å². The molecule has 0 radical (unpaired) electrons.